The molecule has 1 aromatic carbocycles. The van der Waals surface area contributed by atoms with Crippen LogP contribution in [0.25, 0.3) is 32.4 Å². The quantitative estimate of drug-likeness (QED) is 0.264. The molecule has 1 amide bonds. The molecule has 1 saturated carbocycles. The van der Waals surface area contributed by atoms with Gasteiger partial charge in [-0.3, -0.25) is 9.59 Å². The number of carbonyl (C=O) groups excluding carboxylic acids is 1. The number of anilines is 1. The van der Waals surface area contributed by atoms with Gasteiger partial charge in [-0.1, -0.05) is 25.0 Å². The Morgan fingerprint density at radius 2 is 1.89 bits per heavy atom. The van der Waals surface area contributed by atoms with Gasteiger partial charge in [-0.15, -0.1) is 11.3 Å². The van der Waals surface area contributed by atoms with Gasteiger partial charge in [0.05, 0.1) is 11.0 Å². The maximum atomic E-state index is 13.1. The molecule has 11 nitrogen and oxygen atoms in total. The van der Waals surface area contributed by atoms with Crippen molar-refractivity contribution in [3.63, 3.8) is 0 Å². The monoisotopic (exact) mass is 660 g/mol. The van der Waals surface area contributed by atoms with E-state index in [-0.39, 0.29) is 23.1 Å². The molecule has 7 rings (SSSR count). The summed E-state index contributed by atoms with van der Waals surface area (Å²) in [4.78, 5) is 39.2. The van der Waals surface area contributed by atoms with Crippen molar-refractivity contribution in [3.05, 3.63) is 69.2 Å². The number of aromatic nitrogens is 3. The van der Waals surface area contributed by atoms with E-state index >= 15 is 0 Å². The van der Waals surface area contributed by atoms with E-state index in [9.17, 15) is 18.9 Å². The summed E-state index contributed by atoms with van der Waals surface area (Å²) in [6.45, 7) is 2.45. The number of benzene rings is 1. The Kier molecular flexibility index (Phi) is 8.16. The van der Waals surface area contributed by atoms with Crippen molar-refractivity contribution in [3.8, 4) is 16.9 Å². The van der Waals surface area contributed by atoms with E-state index in [0.29, 0.717) is 65.8 Å². The van der Waals surface area contributed by atoms with E-state index < -0.39 is 11.0 Å². The Morgan fingerprint density at radius 1 is 1.13 bits per heavy atom. The van der Waals surface area contributed by atoms with Crippen molar-refractivity contribution >= 4 is 55.4 Å². The second-order valence-corrected chi connectivity index (χ2v) is 14.5. The zero-order valence-corrected chi connectivity index (χ0v) is 27.7. The number of nitrogens with zero attached hydrogens (tertiary/aromatic N) is 6. The summed E-state index contributed by atoms with van der Waals surface area (Å²) in [6.07, 6.45) is 8.02. The number of thiophene rings is 1. The van der Waals surface area contributed by atoms with Gasteiger partial charge < -0.3 is 23.9 Å². The van der Waals surface area contributed by atoms with Gasteiger partial charge in [0.2, 0.25) is 5.43 Å². The van der Waals surface area contributed by atoms with Crippen LogP contribution in [0.4, 0.5) is 5.88 Å². The molecule has 2 aliphatic rings. The zero-order chi connectivity index (χ0) is 32.1. The first kappa shape index (κ1) is 30.6. The topological polar surface area (TPSA) is 125 Å². The molecule has 13 heteroatoms. The van der Waals surface area contributed by atoms with E-state index in [1.54, 1.807) is 37.5 Å². The van der Waals surface area contributed by atoms with Crippen LogP contribution in [0.1, 0.15) is 53.6 Å². The Hall–Kier alpha value is -4.07. The Balaban J connectivity index is 1.18. The minimum atomic E-state index is -1.03. The van der Waals surface area contributed by atoms with Gasteiger partial charge in [0.25, 0.3) is 5.91 Å². The van der Waals surface area contributed by atoms with E-state index in [0.717, 1.165) is 47.8 Å². The molecule has 0 unspecified atom stereocenters. The fraction of sp³-hybridized carbons (Fsp3) is 0.394. The number of piperazine rings is 1. The molecule has 5 aromatic rings. The molecule has 46 heavy (non-hydrogen) atoms. The number of carbonyl (C=O) groups is 1. The minimum absolute atomic E-state index is 0.0552. The van der Waals surface area contributed by atoms with Crippen LogP contribution < -0.4 is 10.3 Å². The second kappa shape index (κ2) is 12.3. The summed E-state index contributed by atoms with van der Waals surface area (Å²) < 4.78 is 22.7. The lowest BCUT2D eigenvalue weighted by Crippen LogP contribution is -2.46. The van der Waals surface area contributed by atoms with Crippen molar-refractivity contribution in [2.24, 2.45) is 0 Å². The maximum absolute atomic E-state index is 13.1. The van der Waals surface area contributed by atoms with E-state index in [1.165, 1.54) is 17.4 Å². The normalized spacial score (nSPS) is 16.9. The molecule has 1 N–H and O–H groups in total. The fourth-order valence-electron chi connectivity index (χ4n) is 6.56. The van der Waals surface area contributed by atoms with Crippen LogP contribution in [-0.4, -0.2) is 85.5 Å². The van der Waals surface area contributed by atoms with Crippen LogP contribution in [0.15, 0.2) is 51.1 Å². The van der Waals surface area contributed by atoms with Gasteiger partial charge in [-0.25, -0.2) is 18.5 Å². The van der Waals surface area contributed by atoms with E-state index in [4.69, 9.17) is 9.40 Å². The van der Waals surface area contributed by atoms with Crippen LogP contribution in [0.2, 0.25) is 0 Å². The van der Waals surface area contributed by atoms with Crippen molar-refractivity contribution < 1.29 is 18.5 Å². The molecule has 1 saturated heterocycles. The van der Waals surface area contributed by atoms with Crippen molar-refractivity contribution in [2.75, 3.05) is 51.4 Å². The predicted molar refractivity (Wildman–Crippen MR) is 181 cm³/mol. The van der Waals surface area contributed by atoms with Crippen LogP contribution >= 0.6 is 11.3 Å². The molecule has 5 heterocycles. The van der Waals surface area contributed by atoms with Gasteiger partial charge in [-0.2, -0.15) is 0 Å². The Labute approximate surface area is 272 Å². The molecule has 1 atom stereocenters. The first-order chi connectivity index (χ1) is 22.2. The van der Waals surface area contributed by atoms with Gasteiger partial charge in [0, 0.05) is 93.1 Å². The van der Waals surface area contributed by atoms with Crippen LogP contribution in [-0.2, 0) is 17.4 Å². The first-order valence-electron chi connectivity index (χ1n) is 15.5. The van der Waals surface area contributed by atoms with Crippen LogP contribution in [0.5, 0.6) is 5.75 Å². The van der Waals surface area contributed by atoms with Gasteiger partial charge in [-0.05, 0) is 30.5 Å². The standard InChI is InChI=1S/C33H36N6O5S2/c1-36(2)33(42)25-14-22-18-34-28(35-32(22)39(25)23-6-4-5-7-23)16-21-9-8-20(15-26(21)40)24-19-45-31-27(41)17-29(44-30(24)31)37-10-12-38(13-11-37)46(3)43/h8-9,14-15,17-19,23,40H,4-7,10-13,16H2,1-3H3/t46-/m0/s1. The molecular formula is C33H36N6O5S2. The van der Waals surface area contributed by atoms with Crippen LogP contribution in [0, 0.1) is 0 Å². The van der Waals surface area contributed by atoms with Crippen molar-refractivity contribution in [1.29, 1.82) is 0 Å². The highest BCUT2D eigenvalue weighted by Crippen LogP contribution is 2.38. The van der Waals surface area contributed by atoms with Gasteiger partial charge in [0.1, 0.15) is 27.6 Å². The predicted octanol–water partition coefficient (Wildman–Crippen LogP) is 4.80. The molecule has 1 aliphatic carbocycles. The number of phenolic OH excluding ortho intramolecular Hbond substituents is 1. The molecule has 0 radical (unpaired) electrons. The average Bonchev–Trinajstić information content (AvgIpc) is 3.80. The summed E-state index contributed by atoms with van der Waals surface area (Å²) in [6, 6.07) is 9.08. The second-order valence-electron chi connectivity index (χ2n) is 12.2. The molecule has 0 bridgehead atoms. The lowest BCUT2D eigenvalue weighted by Gasteiger charge is -2.33. The summed E-state index contributed by atoms with van der Waals surface area (Å²) in [5.41, 5.74) is 3.89. The van der Waals surface area contributed by atoms with Gasteiger partial charge in [0.15, 0.2) is 11.5 Å². The molecule has 240 valence electrons. The van der Waals surface area contributed by atoms with Gasteiger partial charge >= 0.3 is 0 Å². The summed E-state index contributed by atoms with van der Waals surface area (Å²) >= 11 is 1.32. The lowest BCUT2D eigenvalue weighted by atomic mass is 10.0. The Morgan fingerprint density at radius 3 is 2.59 bits per heavy atom. The summed E-state index contributed by atoms with van der Waals surface area (Å²) in [5, 5.41) is 13.9. The number of fused-ring (bicyclic) bond motifs is 2. The van der Waals surface area contributed by atoms with E-state index in [1.807, 2.05) is 32.8 Å². The lowest BCUT2D eigenvalue weighted by molar-refractivity contribution is 0.0815. The van der Waals surface area contributed by atoms with Crippen LogP contribution in [0.3, 0.4) is 0 Å². The largest absolute Gasteiger partial charge is 0.508 e. The van der Waals surface area contributed by atoms with Crippen molar-refractivity contribution in [2.45, 2.75) is 38.1 Å². The molecular weight excluding hydrogens is 625 g/mol. The third-order valence-corrected chi connectivity index (χ3v) is 11.1. The average molecular weight is 661 g/mol. The number of hydrogen-bond donors (Lipinski definition) is 1. The number of phenols is 1. The Bertz CT molecular complexity index is 2040. The fourth-order valence-corrected chi connectivity index (χ4v) is 8.15. The number of hydrogen-bond acceptors (Lipinski definition) is 9. The minimum Gasteiger partial charge on any atom is -0.508 e. The molecule has 4 aromatic heterocycles. The third kappa shape index (κ3) is 5.60. The number of rotatable bonds is 7. The number of amides is 1. The highest BCUT2D eigenvalue weighted by Gasteiger charge is 2.27. The van der Waals surface area contributed by atoms with E-state index in [2.05, 4.69) is 9.55 Å². The number of aromatic hydroxyl groups is 1. The third-order valence-electron chi connectivity index (χ3n) is 9.03. The SMILES string of the molecule is CN(C)C(=O)c1cc2cnc(Cc3ccc(-c4csc5c(=O)cc(N6CCN([S@](C)=O)CC6)oc45)cc3O)nc2n1C1CCCC1. The smallest absolute Gasteiger partial charge is 0.270 e. The maximum Gasteiger partial charge on any atom is 0.270 e. The molecule has 2 fully saturated rings. The zero-order valence-electron chi connectivity index (χ0n) is 26.1. The molecule has 0 spiro atoms. The summed E-state index contributed by atoms with van der Waals surface area (Å²) in [7, 11) is 2.48. The summed E-state index contributed by atoms with van der Waals surface area (Å²) in [5.74, 6) is 1.09. The molecule has 1 aliphatic heterocycles. The first-order valence-corrected chi connectivity index (χ1v) is 17.9. The van der Waals surface area contributed by atoms with Crippen molar-refractivity contribution in [1.82, 2.24) is 23.7 Å². The highest BCUT2D eigenvalue weighted by molar-refractivity contribution is 7.81. The highest BCUT2D eigenvalue weighted by atomic mass is 32.2.